The van der Waals surface area contributed by atoms with Gasteiger partial charge in [0.2, 0.25) is 11.8 Å². The predicted molar refractivity (Wildman–Crippen MR) is 175 cm³/mol. The molecule has 0 saturated heterocycles. The Hall–Kier alpha value is -5.92. The maximum Gasteiger partial charge on any atom is 0.490 e. The molecule has 0 aliphatic heterocycles. The van der Waals surface area contributed by atoms with Gasteiger partial charge in [-0.25, -0.2) is 9.59 Å². The zero-order chi connectivity index (χ0) is 36.0. The third-order valence-corrected chi connectivity index (χ3v) is 7.10. The third kappa shape index (κ3) is 12.3. The van der Waals surface area contributed by atoms with E-state index in [-0.39, 0.29) is 32.0 Å². The molecule has 258 valence electrons. The average Bonchev–Trinajstić information content (AvgIpc) is 3.07. The molecule has 0 fully saturated rings. The van der Waals surface area contributed by atoms with Crippen molar-refractivity contribution in [3.05, 3.63) is 108 Å². The van der Waals surface area contributed by atoms with Crippen LogP contribution in [0.2, 0.25) is 0 Å². The fourth-order valence-electron chi connectivity index (χ4n) is 4.72. The average molecular weight is 681 g/mol. The number of aliphatic carboxylic acids is 2. The van der Waals surface area contributed by atoms with Crippen molar-refractivity contribution in [2.45, 2.75) is 38.0 Å². The smallest absolute Gasteiger partial charge is 0.481 e. The van der Waals surface area contributed by atoms with E-state index in [0.29, 0.717) is 5.56 Å². The van der Waals surface area contributed by atoms with Crippen LogP contribution in [0.4, 0.5) is 18.0 Å². The predicted octanol–water partition coefficient (Wildman–Crippen LogP) is 5.34. The second-order valence-corrected chi connectivity index (χ2v) is 10.7. The van der Waals surface area contributed by atoms with Gasteiger partial charge in [-0.15, -0.1) is 0 Å². The van der Waals surface area contributed by atoms with Gasteiger partial charge in [0.15, 0.2) is 0 Å². The standard InChI is InChI=1S/C33H34N4O5.C2HF3O2/c1-22(27-13-7-11-25-10-5-6-12-28(25)27)36-33(42)34-19-18-30(38)35-21-31(39)37-29(20-32(40)41)26-16-14-24(15-17-26)23-8-3-2-4-9-23;3-2(4,5)1(6)7/h2-17,22,29H,18-21H2,1H3,(H,35,38)(H,37,39)(H,40,41)(H2,34,36,42);(H,6,7)/t22-,29?;/m0./s1. The maximum absolute atomic E-state index is 12.5. The Morgan fingerprint density at radius 3 is 1.94 bits per heavy atom. The van der Waals surface area contributed by atoms with Crippen LogP contribution in [0.25, 0.3) is 21.9 Å². The van der Waals surface area contributed by atoms with E-state index in [1.54, 1.807) is 12.1 Å². The fourth-order valence-corrected chi connectivity index (χ4v) is 4.72. The second-order valence-electron chi connectivity index (χ2n) is 10.7. The summed E-state index contributed by atoms with van der Waals surface area (Å²) in [5.74, 6) is -4.76. The van der Waals surface area contributed by atoms with Gasteiger partial charge in [0, 0.05) is 13.0 Å². The highest BCUT2D eigenvalue weighted by atomic mass is 19.4. The van der Waals surface area contributed by atoms with Gasteiger partial charge in [-0.3, -0.25) is 14.4 Å². The van der Waals surface area contributed by atoms with Crippen molar-refractivity contribution in [2.24, 2.45) is 0 Å². The Balaban J connectivity index is 0.000000838. The van der Waals surface area contributed by atoms with E-state index in [0.717, 1.165) is 27.5 Å². The van der Waals surface area contributed by atoms with Crippen LogP contribution in [0.15, 0.2) is 97.1 Å². The first-order valence-electron chi connectivity index (χ1n) is 15.0. The molecule has 14 heteroatoms. The number of nitrogens with one attached hydrogen (secondary N) is 4. The highest BCUT2D eigenvalue weighted by Gasteiger charge is 2.38. The van der Waals surface area contributed by atoms with Crippen molar-refractivity contribution in [3.63, 3.8) is 0 Å². The molecule has 0 aliphatic carbocycles. The molecule has 1 unspecified atom stereocenters. The number of carboxylic acid groups (broad SMARTS) is 2. The number of rotatable bonds is 12. The number of alkyl halides is 3. The molecule has 0 bridgehead atoms. The van der Waals surface area contributed by atoms with Gasteiger partial charge in [-0.05, 0) is 39.9 Å². The summed E-state index contributed by atoms with van der Waals surface area (Å²) in [4.78, 5) is 57.5. The van der Waals surface area contributed by atoms with Crippen LogP contribution in [0.1, 0.15) is 43.0 Å². The number of hydrogen-bond donors (Lipinski definition) is 6. The number of hydrogen-bond acceptors (Lipinski definition) is 5. The van der Waals surface area contributed by atoms with Gasteiger partial charge in [0.05, 0.1) is 25.0 Å². The molecule has 0 aliphatic rings. The lowest BCUT2D eigenvalue weighted by Gasteiger charge is -2.18. The molecule has 0 aromatic heterocycles. The Morgan fingerprint density at radius 1 is 0.714 bits per heavy atom. The molecule has 6 N–H and O–H groups in total. The monoisotopic (exact) mass is 680 g/mol. The number of carbonyl (C=O) groups excluding carboxylic acids is 3. The summed E-state index contributed by atoms with van der Waals surface area (Å²) in [6, 6.07) is 29.5. The van der Waals surface area contributed by atoms with E-state index in [1.807, 2.05) is 91.9 Å². The van der Waals surface area contributed by atoms with Crippen molar-refractivity contribution in [1.82, 2.24) is 21.3 Å². The SMILES string of the molecule is C[C@H](NC(=O)NCCC(=O)NCC(=O)NC(CC(=O)O)c1ccc(-c2ccccc2)cc1)c1cccc2ccccc12.O=C(O)C(F)(F)F. The quantitative estimate of drug-likeness (QED) is 0.117. The van der Waals surface area contributed by atoms with Crippen molar-refractivity contribution in [2.75, 3.05) is 13.1 Å². The second kappa shape index (κ2) is 17.8. The first-order valence-corrected chi connectivity index (χ1v) is 15.0. The normalized spacial score (nSPS) is 12.0. The minimum Gasteiger partial charge on any atom is -0.481 e. The number of carbonyl (C=O) groups is 5. The number of fused-ring (bicyclic) bond motifs is 1. The topological polar surface area (TPSA) is 174 Å². The lowest BCUT2D eigenvalue weighted by Crippen LogP contribution is -2.41. The first-order chi connectivity index (χ1) is 23.2. The molecule has 0 radical (unpaired) electrons. The minimum absolute atomic E-state index is 0.0249. The van der Waals surface area contributed by atoms with E-state index in [9.17, 15) is 37.5 Å². The lowest BCUT2D eigenvalue weighted by molar-refractivity contribution is -0.192. The molecule has 0 heterocycles. The van der Waals surface area contributed by atoms with E-state index in [4.69, 9.17) is 9.90 Å². The summed E-state index contributed by atoms with van der Waals surface area (Å²) >= 11 is 0. The molecule has 4 aromatic rings. The summed E-state index contributed by atoms with van der Waals surface area (Å²) < 4.78 is 31.7. The van der Waals surface area contributed by atoms with Crippen LogP contribution in [0.3, 0.4) is 0 Å². The summed E-state index contributed by atoms with van der Waals surface area (Å²) in [5, 5.41) is 29.4. The molecule has 4 rings (SSSR count). The van der Waals surface area contributed by atoms with E-state index in [2.05, 4.69) is 21.3 Å². The van der Waals surface area contributed by atoms with Gasteiger partial charge in [0.25, 0.3) is 0 Å². The highest BCUT2D eigenvalue weighted by Crippen LogP contribution is 2.25. The summed E-state index contributed by atoms with van der Waals surface area (Å²) in [6.45, 7) is 1.65. The zero-order valence-electron chi connectivity index (χ0n) is 26.3. The lowest BCUT2D eigenvalue weighted by atomic mass is 9.99. The number of carboxylic acids is 2. The minimum atomic E-state index is -5.08. The molecule has 0 spiro atoms. The van der Waals surface area contributed by atoms with Crippen molar-refractivity contribution in [1.29, 1.82) is 0 Å². The zero-order valence-corrected chi connectivity index (χ0v) is 26.3. The van der Waals surface area contributed by atoms with Gasteiger partial charge < -0.3 is 31.5 Å². The van der Waals surface area contributed by atoms with Gasteiger partial charge >= 0.3 is 24.1 Å². The highest BCUT2D eigenvalue weighted by molar-refractivity contribution is 5.87. The Bertz CT molecular complexity index is 1740. The van der Waals surface area contributed by atoms with Gasteiger partial charge in [-0.2, -0.15) is 13.2 Å². The molecular formula is C35H35F3N4O7. The molecule has 4 amide bonds. The maximum atomic E-state index is 12.5. The van der Waals surface area contributed by atoms with Gasteiger partial charge in [-0.1, -0.05) is 97.1 Å². The molecular weight excluding hydrogens is 645 g/mol. The van der Waals surface area contributed by atoms with Crippen LogP contribution in [0.5, 0.6) is 0 Å². The Labute approximate surface area is 279 Å². The Kier molecular flexibility index (Phi) is 13.7. The number of benzene rings is 4. The molecule has 11 nitrogen and oxygen atoms in total. The van der Waals surface area contributed by atoms with Crippen LogP contribution < -0.4 is 21.3 Å². The van der Waals surface area contributed by atoms with Crippen molar-refractivity contribution >= 4 is 40.6 Å². The van der Waals surface area contributed by atoms with Crippen LogP contribution in [-0.4, -0.2) is 59.3 Å². The van der Waals surface area contributed by atoms with E-state index in [1.165, 1.54) is 0 Å². The Morgan fingerprint density at radius 2 is 1.31 bits per heavy atom. The van der Waals surface area contributed by atoms with Crippen LogP contribution in [-0.2, 0) is 19.2 Å². The molecule has 2 atom stereocenters. The summed E-state index contributed by atoms with van der Waals surface area (Å²) in [6.07, 6.45) is -5.41. The summed E-state index contributed by atoms with van der Waals surface area (Å²) in [5.41, 5.74) is 3.62. The number of halogens is 3. The molecule has 0 saturated carbocycles. The van der Waals surface area contributed by atoms with E-state index < -0.39 is 42.0 Å². The number of urea groups is 1. The van der Waals surface area contributed by atoms with Gasteiger partial charge in [0.1, 0.15) is 0 Å². The molecule has 4 aromatic carbocycles. The van der Waals surface area contributed by atoms with E-state index >= 15 is 0 Å². The molecule has 49 heavy (non-hydrogen) atoms. The van der Waals surface area contributed by atoms with Crippen molar-refractivity contribution in [3.8, 4) is 11.1 Å². The number of amides is 4. The van der Waals surface area contributed by atoms with Crippen LogP contribution in [0, 0.1) is 0 Å². The first kappa shape index (κ1) is 37.5. The third-order valence-electron chi connectivity index (χ3n) is 7.10. The van der Waals surface area contributed by atoms with Crippen LogP contribution >= 0.6 is 0 Å². The summed E-state index contributed by atoms with van der Waals surface area (Å²) in [7, 11) is 0. The fraction of sp³-hybridized carbons (Fsp3) is 0.229. The largest absolute Gasteiger partial charge is 0.490 e. The van der Waals surface area contributed by atoms with Crippen molar-refractivity contribution < 1.29 is 47.4 Å².